The molecule has 4 heteroatoms. The van der Waals surface area contributed by atoms with E-state index in [9.17, 15) is 4.79 Å². The summed E-state index contributed by atoms with van der Waals surface area (Å²) < 4.78 is 6.06. The summed E-state index contributed by atoms with van der Waals surface area (Å²) in [5, 5.41) is 0. The molecule has 0 amide bonds. The molecular formula is C42H68N2O2. The van der Waals surface area contributed by atoms with Crippen LogP contribution in [0.3, 0.4) is 0 Å². The molecule has 258 valence electrons. The average Bonchev–Trinajstić information content (AvgIpc) is 3.25. The Bertz CT molecular complexity index is 1210. The Kier molecular flexibility index (Phi) is 12.6. The van der Waals surface area contributed by atoms with Gasteiger partial charge in [-0.15, -0.1) is 0 Å². The summed E-state index contributed by atoms with van der Waals surface area (Å²) in [5.74, 6) is 4.67. The molecule has 0 spiro atoms. The van der Waals surface area contributed by atoms with Gasteiger partial charge in [-0.1, -0.05) is 64.3 Å². The molecule has 4 saturated carbocycles. The van der Waals surface area contributed by atoms with Crippen LogP contribution in [0.1, 0.15) is 156 Å². The molecule has 4 aliphatic carbocycles. The second kappa shape index (κ2) is 15.8. The van der Waals surface area contributed by atoms with Crippen LogP contribution in [-0.4, -0.2) is 12.1 Å². The first-order chi connectivity index (χ1) is 21.8. The molecule has 0 bridgehead atoms. The molecule has 4 nitrogen and oxygen atoms in total. The van der Waals surface area contributed by atoms with E-state index in [1.54, 1.807) is 18.2 Å². The highest BCUT2D eigenvalue weighted by Crippen LogP contribution is 2.67. The van der Waals surface area contributed by atoms with Gasteiger partial charge in [-0.2, -0.15) is 0 Å². The van der Waals surface area contributed by atoms with E-state index in [0.717, 1.165) is 42.4 Å². The second-order valence-electron chi connectivity index (χ2n) is 16.6. The van der Waals surface area contributed by atoms with Crippen LogP contribution < -0.4 is 11.5 Å². The average molecular weight is 633 g/mol. The lowest BCUT2D eigenvalue weighted by Gasteiger charge is -2.57. The fraction of sp³-hybridized carbons (Fsp3) is 0.738. The normalized spacial score (nSPS) is 34.5. The lowest BCUT2D eigenvalue weighted by molar-refractivity contribution is -0.0951. The highest BCUT2D eigenvalue weighted by molar-refractivity contribution is 5.91. The van der Waals surface area contributed by atoms with Gasteiger partial charge in [-0.3, -0.25) is 0 Å². The summed E-state index contributed by atoms with van der Waals surface area (Å²) in [5.41, 5.74) is 17.2. The fourth-order valence-corrected chi connectivity index (χ4v) is 10.9. The van der Waals surface area contributed by atoms with E-state index in [1.165, 1.54) is 88.2 Å². The lowest BCUT2D eigenvalue weighted by Crippen LogP contribution is -2.50. The third-order valence-corrected chi connectivity index (χ3v) is 13.4. The van der Waals surface area contributed by atoms with Crippen molar-refractivity contribution in [3.63, 3.8) is 0 Å². The second-order valence-corrected chi connectivity index (χ2v) is 16.6. The van der Waals surface area contributed by atoms with Gasteiger partial charge in [0.25, 0.3) is 0 Å². The monoisotopic (exact) mass is 633 g/mol. The van der Waals surface area contributed by atoms with Crippen molar-refractivity contribution in [1.29, 1.82) is 0 Å². The van der Waals surface area contributed by atoms with Gasteiger partial charge in [0.15, 0.2) is 0 Å². The molecule has 5 rings (SSSR count). The van der Waals surface area contributed by atoms with E-state index >= 15 is 0 Å². The quantitative estimate of drug-likeness (QED) is 0.170. The number of allylic oxidation sites excluding steroid dienone is 4. The van der Waals surface area contributed by atoms with Crippen molar-refractivity contribution < 1.29 is 9.53 Å². The van der Waals surface area contributed by atoms with E-state index in [0.29, 0.717) is 33.7 Å². The molecule has 9 atom stereocenters. The topological polar surface area (TPSA) is 78.3 Å². The minimum absolute atomic E-state index is 0.00309. The van der Waals surface area contributed by atoms with Gasteiger partial charge in [-0.05, 0) is 169 Å². The van der Waals surface area contributed by atoms with Crippen molar-refractivity contribution in [2.75, 3.05) is 11.5 Å². The molecule has 1 aromatic rings. The van der Waals surface area contributed by atoms with Gasteiger partial charge in [0.1, 0.15) is 6.10 Å². The number of esters is 1. The number of carbonyl (C=O) groups excluding carboxylic acids is 1. The number of hydrogen-bond acceptors (Lipinski definition) is 4. The SMILES string of the molecule is CC(C)=CCCC(C)C1CCC2C3CCC4CC(OC(=O)c5cc(N)cc(N)c5)CCC4(C)C3CCCC12C.CC/C=C(/C)CC. The van der Waals surface area contributed by atoms with Crippen molar-refractivity contribution >= 4 is 17.3 Å². The van der Waals surface area contributed by atoms with Crippen LogP contribution in [0, 0.1) is 46.3 Å². The zero-order valence-electron chi connectivity index (χ0n) is 30.8. The number of carbonyl (C=O) groups is 1. The fourth-order valence-electron chi connectivity index (χ4n) is 10.9. The summed E-state index contributed by atoms with van der Waals surface area (Å²) in [6.45, 7) is 18.8. The Morgan fingerprint density at radius 3 is 2.24 bits per heavy atom. The molecule has 0 heterocycles. The largest absolute Gasteiger partial charge is 0.459 e. The van der Waals surface area contributed by atoms with Crippen molar-refractivity contribution in [2.45, 2.75) is 151 Å². The molecule has 1 aromatic carbocycles. The predicted octanol–water partition coefficient (Wildman–Crippen LogP) is 11.6. The van der Waals surface area contributed by atoms with E-state index < -0.39 is 0 Å². The number of fused-ring (bicyclic) bond motifs is 5. The summed E-state index contributed by atoms with van der Waals surface area (Å²) in [6.07, 6.45) is 22.6. The third-order valence-electron chi connectivity index (χ3n) is 13.4. The standard InChI is InChI=1S/C35H54N2O2.C7H14/c1-22(2)8-6-9-23(3)30-13-14-32-29-12-11-25-20-28(39-33(38)24-18-26(36)21-27(37)19-24)15-17-34(25,4)31(29)10-7-16-35(30,32)5;1-4-6-7(3)5-2/h8,18-19,21,23,25,28-32H,6-7,9-17,20,36-37H2,1-5H3;6H,4-5H2,1-3H3/b;7-6-. The number of nitrogens with two attached hydrogens (primary N) is 2. The van der Waals surface area contributed by atoms with E-state index in [4.69, 9.17) is 16.2 Å². The molecule has 9 unspecified atom stereocenters. The number of hydrogen-bond donors (Lipinski definition) is 2. The molecular weight excluding hydrogens is 564 g/mol. The van der Waals surface area contributed by atoms with Crippen molar-refractivity contribution in [3.8, 4) is 0 Å². The predicted molar refractivity (Wildman–Crippen MR) is 196 cm³/mol. The van der Waals surface area contributed by atoms with E-state index in [2.05, 4.69) is 67.5 Å². The minimum atomic E-state index is -0.280. The zero-order valence-corrected chi connectivity index (χ0v) is 30.8. The number of nitrogen functional groups attached to an aromatic ring is 2. The Hall–Kier alpha value is -2.23. The van der Waals surface area contributed by atoms with Crippen LogP contribution in [0.15, 0.2) is 41.5 Å². The highest BCUT2D eigenvalue weighted by atomic mass is 16.5. The highest BCUT2D eigenvalue weighted by Gasteiger charge is 2.59. The smallest absolute Gasteiger partial charge is 0.338 e. The number of benzene rings is 1. The number of rotatable bonds is 8. The van der Waals surface area contributed by atoms with Crippen molar-refractivity contribution in [2.24, 2.45) is 46.3 Å². The van der Waals surface area contributed by atoms with Gasteiger partial charge in [0, 0.05) is 11.4 Å². The van der Waals surface area contributed by atoms with Crippen LogP contribution in [-0.2, 0) is 4.74 Å². The number of ether oxygens (including phenoxy) is 1. The summed E-state index contributed by atoms with van der Waals surface area (Å²) in [6, 6.07) is 5.03. The maximum Gasteiger partial charge on any atom is 0.338 e. The maximum atomic E-state index is 12.9. The molecule has 4 aliphatic rings. The third kappa shape index (κ3) is 8.24. The molecule has 0 aromatic heterocycles. The molecule has 0 saturated heterocycles. The Morgan fingerprint density at radius 1 is 0.913 bits per heavy atom. The van der Waals surface area contributed by atoms with Gasteiger partial charge in [0.2, 0.25) is 0 Å². The van der Waals surface area contributed by atoms with Gasteiger partial charge in [0.05, 0.1) is 5.56 Å². The van der Waals surface area contributed by atoms with Crippen LogP contribution >= 0.6 is 0 Å². The zero-order chi connectivity index (χ0) is 33.6. The maximum absolute atomic E-state index is 12.9. The molecule has 0 aliphatic heterocycles. The lowest BCUT2D eigenvalue weighted by atomic mass is 9.49. The van der Waals surface area contributed by atoms with Gasteiger partial charge < -0.3 is 16.2 Å². The molecule has 0 radical (unpaired) electrons. The Balaban J connectivity index is 0.000000617. The Labute approximate surface area is 282 Å². The van der Waals surface area contributed by atoms with Gasteiger partial charge >= 0.3 is 5.97 Å². The van der Waals surface area contributed by atoms with Crippen molar-refractivity contribution in [1.82, 2.24) is 0 Å². The Morgan fingerprint density at radius 2 is 1.61 bits per heavy atom. The molecule has 4 N–H and O–H groups in total. The van der Waals surface area contributed by atoms with Crippen LogP contribution in [0.25, 0.3) is 0 Å². The van der Waals surface area contributed by atoms with E-state index in [1.807, 2.05) is 0 Å². The minimum Gasteiger partial charge on any atom is -0.459 e. The van der Waals surface area contributed by atoms with E-state index in [-0.39, 0.29) is 12.1 Å². The first-order valence-corrected chi connectivity index (χ1v) is 19.0. The molecule has 46 heavy (non-hydrogen) atoms. The van der Waals surface area contributed by atoms with Gasteiger partial charge in [-0.25, -0.2) is 4.79 Å². The first kappa shape index (κ1) is 36.6. The summed E-state index contributed by atoms with van der Waals surface area (Å²) >= 11 is 0. The van der Waals surface area contributed by atoms with Crippen LogP contribution in [0.2, 0.25) is 0 Å². The summed E-state index contributed by atoms with van der Waals surface area (Å²) in [7, 11) is 0. The first-order valence-electron chi connectivity index (χ1n) is 19.0. The van der Waals surface area contributed by atoms with Crippen molar-refractivity contribution in [3.05, 3.63) is 47.1 Å². The molecule has 4 fully saturated rings. The number of anilines is 2. The van der Waals surface area contributed by atoms with Crippen LogP contribution in [0.5, 0.6) is 0 Å². The van der Waals surface area contributed by atoms with Crippen LogP contribution in [0.4, 0.5) is 11.4 Å². The summed E-state index contributed by atoms with van der Waals surface area (Å²) in [4.78, 5) is 12.9.